The quantitative estimate of drug-likeness (QED) is 0.838. The number of furan rings is 2. The van der Waals surface area contributed by atoms with Crippen molar-refractivity contribution in [2.75, 3.05) is 0 Å². The molecule has 3 heteroatoms. The summed E-state index contributed by atoms with van der Waals surface area (Å²) in [4.78, 5) is 0. The van der Waals surface area contributed by atoms with Crippen LogP contribution < -0.4 is 5.73 Å². The zero-order valence-corrected chi connectivity index (χ0v) is 8.99. The van der Waals surface area contributed by atoms with Gasteiger partial charge in [-0.15, -0.1) is 0 Å². The van der Waals surface area contributed by atoms with Crippen molar-refractivity contribution < 1.29 is 8.83 Å². The Balaban J connectivity index is 2.14. The van der Waals surface area contributed by atoms with E-state index in [-0.39, 0.29) is 6.04 Å². The standard InChI is InChI=1S/C12H15NO2/c1-8-6-11(9(2)15-8)12(13)7-10-4-3-5-14-10/h3-6,12H,7,13H2,1-2H3. The van der Waals surface area contributed by atoms with Gasteiger partial charge in [0.15, 0.2) is 0 Å². The Labute approximate surface area is 88.9 Å². The molecule has 2 aromatic heterocycles. The average Bonchev–Trinajstić information content (AvgIpc) is 2.75. The highest BCUT2D eigenvalue weighted by atomic mass is 16.3. The van der Waals surface area contributed by atoms with Crippen LogP contribution in [0.25, 0.3) is 0 Å². The smallest absolute Gasteiger partial charge is 0.105 e. The van der Waals surface area contributed by atoms with Crippen LogP contribution in [0.5, 0.6) is 0 Å². The molecule has 0 amide bonds. The first-order valence-corrected chi connectivity index (χ1v) is 5.01. The van der Waals surface area contributed by atoms with Crippen molar-refractivity contribution in [1.29, 1.82) is 0 Å². The zero-order valence-electron chi connectivity index (χ0n) is 8.99. The highest BCUT2D eigenvalue weighted by Crippen LogP contribution is 2.22. The third kappa shape index (κ3) is 2.13. The summed E-state index contributed by atoms with van der Waals surface area (Å²) in [7, 11) is 0. The van der Waals surface area contributed by atoms with Crippen LogP contribution in [-0.2, 0) is 6.42 Å². The maximum Gasteiger partial charge on any atom is 0.105 e. The first kappa shape index (κ1) is 10.1. The molecule has 0 saturated carbocycles. The lowest BCUT2D eigenvalue weighted by molar-refractivity contribution is 0.477. The largest absolute Gasteiger partial charge is 0.469 e. The fourth-order valence-corrected chi connectivity index (χ4v) is 1.77. The third-order valence-corrected chi connectivity index (χ3v) is 2.48. The van der Waals surface area contributed by atoms with Crippen LogP contribution in [-0.4, -0.2) is 0 Å². The average molecular weight is 205 g/mol. The summed E-state index contributed by atoms with van der Waals surface area (Å²) in [6, 6.07) is 5.73. The minimum absolute atomic E-state index is 0.0615. The molecule has 2 aromatic rings. The van der Waals surface area contributed by atoms with E-state index in [0.717, 1.165) is 22.8 Å². The van der Waals surface area contributed by atoms with Gasteiger partial charge < -0.3 is 14.6 Å². The Morgan fingerprint density at radius 3 is 2.73 bits per heavy atom. The van der Waals surface area contributed by atoms with Gasteiger partial charge in [-0.05, 0) is 32.0 Å². The van der Waals surface area contributed by atoms with Gasteiger partial charge in [-0.1, -0.05) is 0 Å². The Morgan fingerprint density at radius 1 is 1.40 bits per heavy atom. The van der Waals surface area contributed by atoms with Crippen LogP contribution in [0.3, 0.4) is 0 Å². The van der Waals surface area contributed by atoms with Gasteiger partial charge in [-0.25, -0.2) is 0 Å². The van der Waals surface area contributed by atoms with Crippen molar-refractivity contribution in [3.8, 4) is 0 Å². The SMILES string of the molecule is Cc1cc(C(N)Cc2ccco2)c(C)o1. The molecule has 0 radical (unpaired) electrons. The number of rotatable bonds is 3. The predicted molar refractivity (Wildman–Crippen MR) is 57.5 cm³/mol. The van der Waals surface area contributed by atoms with Gasteiger partial charge in [-0.3, -0.25) is 0 Å². The second-order valence-corrected chi connectivity index (χ2v) is 3.76. The van der Waals surface area contributed by atoms with E-state index in [2.05, 4.69) is 0 Å². The summed E-state index contributed by atoms with van der Waals surface area (Å²) in [5.74, 6) is 2.70. The number of aryl methyl sites for hydroxylation is 2. The molecule has 0 saturated heterocycles. The molecule has 80 valence electrons. The van der Waals surface area contributed by atoms with Gasteiger partial charge in [0.05, 0.1) is 6.26 Å². The van der Waals surface area contributed by atoms with E-state index in [1.54, 1.807) is 6.26 Å². The monoisotopic (exact) mass is 205 g/mol. The maximum atomic E-state index is 6.08. The molecule has 2 N–H and O–H groups in total. The molecule has 0 aliphatic heterocycles. The molecule has 15 heavy (non-hydrogen) atoms. The van der Waals surface area contributed by atoms with Gasteiger partial charge in [-0.2, -0.15) is 0 Å². The first-order chi connectivity index (χ1) is 7.16. The van der Waals surface area contributed by atoms with E-state index in [4.69, 9.17) is 14.6 Å². The molecule has 0 spiro atoms. The van der Waals surface area contributed by atoms with Crippen LogP contribution >= 0.6 is 0 Å². The molecule has 3 nitrogen and oxygen atoms in total. The summed E-state index contributed by atoms with van der Waals surface area (Å²) in [6.45, 7) is 3.86. The van der Waals surface area contributed by atoms with E-state index in [1.165, 1.54) is 0 Å². The molecule has 0 bridgehead atoms. The summed E-state index contributed by atoms with van der Waals surface area (Å²) < 4.78 is 10.7. The van der Waals surface area contributed by atoms with E-state index < -0.39 is 0 Å². The lowest BCUT2D eigenvalue weighted by atomic mass is 10.0. The number of hydrogen-bond donors (Lipinski definition) is 1. The molecular weight excluding hydrogens is 190 g/mol. The van der Waals surface area contributed by atoms with Crippen molar-refractivity contribution in [1.82, 2.24) is 0 Å². The summed E-state index contributed by atoms with van der Waals surface area (Å²) in [6.07, 6.45) is 2.36. The summed E-state index contributed by atoms with van der Waals surface area (Å²) >= 11 is 0. The number of nitrogens with two attached hydrogens (primary N) is 1. The van der Waals surface area contributed by atoms with Crippen LogP contribution in [0, 0.1) is 13.8 Å². The maximum absolute atomic E-state index is 6.08. The van der Waals surface area contributed by atoms with Gasteiger partial charge in [0.2, 0.25) is 0 Å². The van der Waals surface area contributed by atoms with E-state index >= 15 is 0 Å². The Morgan fingerprint density at radius 2 is 2.20 bits per heavy atom. The van der Waals surface area contributed by atoms with E-state index in [1.807, 2.05) is 32.0 Å². The molecule has 0 aliphatic rings. The molecule has 1 atom stereocenters. The summed E-state index contributed by atoms with van der Waals surface area (Å²) in [5, 5.41) is 0. The molecule has 2 heterocycles. The van der Waals surface area contributed by atoms with Crippen molar-refractivity contribution >= 4 is 0 Å². The topological polar surface area (TPSA) is 52.3 Å². The molecule has 0 fully saturated rings. The van der Waals surface area contributed by atoms with Crippen LogP contribution in [0.2, 0.25) is 0 Å². The van der Waals surface area contributed by atoms with Crippen molar-refractivity contribution in [3.05, 3.63) is 47.3 Å². The molecule has 0 aliphatic carbocycles. The Bertz CT molecular complexity index is 428. The highest BCUT2D eigenvalue weighted by molar-refractivity contribution is 5.24. The van der Waals surface area contributed by atoms with E-state index in [9.17, 15) is 0 Å². The molecule has 0 aromatic carbocycles. The van der Waals surface area contributed by atoms with Gasteiger partial charge in [0.1, 0.15) is 17.3 Å². The third-order valence-electron chi connectivity index (χ3n) is 2.48. The molecule has 1 unspecified atom stereocenters. The minimum Gasteiger partial charge on any atom is -0.469 e. The fraction of sp³-hybridized carbons (Fsp3) is 0.333. The molecular formula is C12H15NO2. The van der Waals surface area contributed by atoms with Crippen molar-refractivity contribution in [2.24, 2.45) is 5.73 Å². The Kier molecular flexibility index (Phi) is 2.64. The van der Waals surface area contributed by atoms with Crippen LogP contribution in [0.4, 0.5) is 0 Å². The first-order valence-electron chi connectivity index (χ1n) is 5.01. The predicted octanol–water partition coefficient (Wildman–Crippen LogP) is 2.73. The zero-order chi connectivity index (χ0) is 10.8. The van der Waals surface area contributed by atoms with Gasteiger partial charge in [0, 0.05) is 18.0 Å². The molecule has 2 rings (SSSR count). The van der Waals surface area contributed by atoms with Crippen molar-refractivity contribution in [2.45, 2.75) is 26.3 Å². The van der Waals surface area contributed by atoms with Gasteiger partial charge in [0.25, 0.3) is 0 Å². The second-order valence-electron chi connectivity index (χ2n) is 3.76. The normalized spacial score (nSPS) is 13.0. The number of hydrogen-bond acceptors (Lipinski definition) is 3. The van der Waals surface area contributed by atoms with Gasteiger partial charge >= 0.3 is 0 Å². The summed E-state index contributed by atoms with van der Waals surface area (Å²) in [5.41, 5.74) is 7.14. The van der Waals surface area contributed by atoms with Crippen LogP contribution in [0.15, 0.2) is 33.3 Å². The lowest BCUT2D eigenvalue weighted by Gasteiger charge is -2.08. The van der Waals surface area contributed by atoms with Crippen LogP contribution in [0.1, 0.15) is 28.9 Å². The Hall–Kier alpha value is -1.48. The fourth-order valence-electron chi connectivity index (χ4n) is 1.77. The lowest BCUT2D eigenvalue weighted by Crippen LogP contribution is -2.13. The minimum atomic E-state index is -0.0615. The second kappa shape index (κ2) is 3.95. The van der Waals surface area contributed by atoms with Crippen molar-refractivity contribution in [3.63, 3.8) is 0 Å². The van der Waals surface area contributed by atoms with E-state index in [0.29, 0.717) is 6.42 Å². The highest BCUT2D eigenvalue weighted by Gasteiger charge is 2.14.